The van der Waals surface area contributed by atoms with Crippen LogP contribution >= 0.6 is 0 Å². The van der Waals surface area contributed by atoms with E-state index in [-0.39, 0.29) is 0 Å². The van der Waals surface area contributed by atoms with Crippen LogP contribution in [0.2, 0.25) is 0 Å². The summed E-state index contributed by atoms with van der Waals surface area (Å²) in [6.07, 6.45) is 9.05. The van der Waals surface area contributed by atoms with E-state index in [4.69, 9.17) is 0 Å². The number of aromatic nitrogens is 4. The Bertz CT molecular complexity index is 1270. The molecular weight excluding hydrogens is 396 g/mol. The standard InChI is InChI=1S/C26H28N6/c1-31-14-20(13-28-31)4-8-24-23-12-22(7-9-25(23)30-29-24)21-5-2-19(3-6-21)10-11-32-17-26(18-32)15-27-16-26/h2-9,12-14,27H,10-11,15-18H2,1H3,(H,29,30)/b8-4+. The zero-order valence-electron chi connectivity index (χ0n) is 18.4. The predicted molar refractivity (Wildman–Crippen MR) is 129 cm³/mol. The van der Waals surface area contributed by atoms with Gasteiger partial charge >= 0.3 is 0 Å². The van der Waals surface area contributed by atoms with Crippen molar-refractivity contribution in [3.8, 4) is 11.1 Å². The van der Waals surface area contributed by atoms with Crippen molar-refractivity contribution in [2.45, 2.75) is 6.42 Å². The zero-order valence-corrected chi connectivity index (χ0v) is 18.4. The van der Waals surface area contributed by atoms with Crippen LogP contribution < -0.4 is 5.32 Å². The van der Waals surface area contributed by atoms with Gasteiger partial charge in [-0.15, -0.1) is 0 Å². The summed E-state index contributed by atoms with van der Waals surface area (Å²) in [6, 6.07) is 15.5. The van der Waals surface area contributed by atoms with Crippen molar-refractivity contribution in [2.24, 2.45) is 12.5 Å². The third kappa shape index (κ3) is 3.66. The van der Waals surface area contributed by atoms with E-state index in [1.165, 1.54) is 42.9 Å². The Morgan fingerprint density at radius 1 is 1.03 bits per heavy atom. The summed E-state index contributed by atoms with van der Waals surface area (Å²) in [6.45, 7) is 6.11. The molecule has 2 aromatic heterocycles. The largest absolute Gasteiger partial charge is 0.315 e. The van der Waals surface area contributed by atoms with Crippen LogP contribution in [0.5, 0.6) is 0 Å². The van der Waals surface area contributed by atoms with Gasteiger partial charge in [-0.05, 0) is 47.4 Å². The molecule has 32 heavy (non-hydrogen) atoms. The molecule has 0 unspecified atom stereocenters. The first-order chi connectivity index (χ1) is 15.7. The van der Waals surface area contributed by atoms with E-state index in [9.17, 15) is 0 Å². The Hall–Kier alpha value is -3.22. The minimum absolute atomic E-state index is 0.613. The summed E-state index contributed by atoms with van der Waals surface area (Å²) in [5, 5.41) is 16.4. The monoisotopic (exact) mass is 424 g/mol. The van der Waals surface area contributed by atoms with Crippen LogP contribution in [0.3, 0.4) is 0 Å². The normalized spacial score (nSPS) is 17.8. The number of nitrogens with zero attached hydrogens (tertiary/aromatic N) is 4. The van der Waals surface area contributed by atoms with Crippen molar-refractivity contribution in [1.29, 1.82) is 0 Å². The van der Waals surface area contributed by atoms with Gasteiger partial charge in [-0.25, -0.2) is 0 Å². The van der Waals surface area contributed by atoms with Crippen LogP contribution in [-0.2, 0) is 13.5 Å². The third-order valence-corrected chi connectivity index (χ3v) is 6.87. The van der Waals surface area contributed by atoms with E-state index in [0.29, 0.717) is 5.41 Å². The van der Waals surface area contributed by atoms with Crippen molar-refractivity contribution in [1.82, 2.24) is 30.2 Å². The van der Waals surface area contributed by atoms with Crippen LogP contribution in [0.15, 0.2) is 54.9 Å². The second kappa shape index (κ2) is 7.73. The Balaban J connectivity index is 1.15. The fourth-order valence-corrected chi connectivity index (χ4v) is 4.96. The van der Waals surface area contributed by atoms with Crippen LogP contribution in [0.25, 0.3) is 34.2 Å². The molecule has 6 nitrogen and oxygen atoms in total. The van der Waals surface area contributed by atoms with Gasteiger partial charge in [0.25, 0.3) is 0 Å². The van der Waals surface area contributed by atoms with Gasteiger partial charge in [-0.3, -0.25) is 9.78 Å². The molecule has 0 saturated carbocycles. The highest BCUT2D eigenvalue weighted by molar-refractivity contribution is 5.92. The summed E-state index contributed by atoms with van der Waals surface area (Å²) in [5.41, 5.74) is 7.52. The lowest BCUT2D eigenvalue weighted by Crippen LogP contribution is -2.71. The molecule has 0 aliphatic carbocycles. The van der Waals surface area contributed by atoms with Crippen molar-refractivity contribution >= 4 is 23.1 Å². The number of aromatic amines is 1. The van der Waals surface area contributed by atoms with Gasteiger partial charge in [0.1, 0.15) is 0 Å². The highest BCUT2D eigenvalue weighted by Crippen LogP contribution is 2.34. The van der Waals surface area contributed by atoms with E-state index >= 15 is 0 Å². The van der Waals surface area contributed by atoms with E-state index in [1.807, 2.05) is 31.6 Å². The van der Waals surface area contributed by atoms with Gasteiger partial charge in [0.05, 0.1) is 17.4 Å². The molecule has 0 radical (unpaired) electrons. The van der Waals surface area contributed by atoms with Crippen molar-refractivity contribution in [2.75, 3.05) is 32.7 Å². The van der Waals surface area contributed by atoms with Crippen LogP contribution in [0.1, 0.15) is 16.8 Å². The zero-order chi connectivity index (χ0) is 21.5. The molecule has 162 valence electrons. The highest BCUT2D eigenvalue weighted by atomic mass is 15.3. The second-order valence-electron chi connectivity index (χ2n) is 9.41. The molecule has 1 spiro atoms. The van der Waals surface area contributed by atoms with Gasteiger partial charge in [0.2, 0.25) is 0 Å². The van der Waals surface area contributed by atoms with Crippen molar-refractivity contribution < 1.29 is 0 Å². The van der Waals surface area contributed by atoms with Gasteiger partial charge < -0.3 is 10.2 Å². The van der Waals surface area contributed by atoms with E-state index < -0.39 is 0 Å². The van der Waals surface area contributed by atoms with Crippen molar-refractivity contribution in [3.05, 3.63) is 71.7 Å². The van der Waals surface area contributed by atoms with Gasteiger partial charge in [0.15, 0.2) is 0 Å². The number of benzene rings is 2. The smallest absolute Gasteiger partial charge is 0.0927 e. The van der Waals surface area contributed by atoms with E-state index in [0.717, 1.165) is 35.1 Å². The molecule has 2 fully saturated rings. The molecule has 6 rings (SSSR count). The number of rotatable bonds is 6. The number of aryl methyl sites for hydroxylation is 1. The molecule has 2 N–H and O–H groups in total. The lowest BCUT2D eigenvalue weighted by Gasteiger charge is -2.56. The minimum Gasteiger partial charge on any atom is -0.315 e. The Labute approximate surface area is 187 Å². The number of likely N-dealkylation sites (tertiary alicyclic amines) is 1. The molecular formula is C26H28N6. The summed E-state index contributed by atoms with van der Waals surface area (Å²) < 4.78 is 1.80. The molecule has 4 heterocycles. The van der Waals surface area contributed by atoms with E-state index in [2.05, 4.69) is 68.0 Å². The minimum atomic E-state index is 0.613. The predicted octanol–water partition coefficient (Wildman–Crippen LogP) is 3.58. The first-order valence-corrected chi connectivity index (χ1v) is 11.3. The summed E-state index contributed by atoms with van der Waals surface area (Å²) in [4.78, 5) is 2.59. The lowest BCUT2D eigenvalue weighted by atomic mass is 9.74. The first-order valence-electron chi connectivity index (χ1n) is 11.3. The fourth-order valence-electron chi connectivity index (χ4n) is 4.96. The fraction of sp³-hybridized carbons (Fsp3) is 0.308. The maximum absolute atomic E-state index is 4.49. The quantitative estimate of drug-likeness (QED) is 0.497. The van der Waals surface area contributed by atoms with Gasteiger partial charge in [-0.2, -0.15) is 10.2 Å². The summed E-state index contributed by atoms with van der Waals surface area (Å²) in [7, 11) is 1.92. The molecule has 4 aromatic rings. The van der Waals surface area contributed by atoms with Crippen LogP contribution in [-0.4, -0.2) is 57.6 Å². The number of hydrogen-bond donors (Lipinski definition) is 2. The Morgan fingerprint density at radius 2 is 1.84 bits per heavy atom. The number of H-pyrrole nitrogens is 1. The molecule has 0 amide bonds. The average molecular weight is 425 g/mol. The second-order valence-corrected chi connectivity index (χ2v) is 9.41. The van der Waals surface area contributed by atoms with Gasteiger partial charge in [0, 0.05) is 62.3 Å². The maximum Gasteiger partial charge on any atom is 0.0927 e. The summed E-state index contributed by atoms with van der Waals surface area (Å²) in [5.74, 6) is 0. The Kier molecular flexibility index (Phi) is 4.70. The van der Waals surface area contributed by atoms with Crippen LogP contribution in [0, 0.1) is 5.41 Å². The molecule has 2 aliphatic heterocycles. The average Bonchev–Trinajstić information content (AvgIpc) is 3.35. The molecule has 2 saturated heterocycles. The van der Waals surface area contributed by atoms with Crippen LogP contribution in [0.4, 0.5) is 0 Å². The number of hydrogen-bond acceptors (Lipinski definition) is 4. The first kappa shape index (κ1) is 19.5. The molecule has 6 heteroatoms. The number of fused-ring (bicyclic) bond motifs is 1. The SMILES string of the molecule is Cn1cc(/C=C/c2n[nH]c3ccc(-c4ccc(CCN5CC6(CNC6)C5)cc4)cc23)cn1. The molecule has 0 bridgehead atoms. The molecule has 2 aliphatic rings. The highest BCUT2D eigenvalue weighted by Gasteiger charge is 2.46. The molecule has 2 aromatic carbocycles. The Morgan fingerprint density at radius 3 is 2.56 bits per heavy atom. The third-order valence-electron chi connectivity index (χ3n) is 6.87. The maximum atomic E-state index is 4.49. The van der Waals surface area contributed by atoms with E-state index in [1.54, 1.807) is 4.68 Å². The summed E-state index contributed by atoms with van der Waals surface area (Å²) >= 11 is 0. The van der Waals surface area contributed by atoms with Gasteiger partial charge in [-0.1, -0.05) is 30.3 Å². The number of nitrogens with one attached hydrogen (secondary N) is 2. The van der Waals surface area contributed by atoms with Crippen molar-refractivity contribution in [3.63, 3.8) is 0 Å². The lowest BCUT2D eigenvalue weighted by molar-refractivity contribution is -0.0382. The topological polar surface area (TPSA) is 61.8 Å². The molecule has 0 atom stereocenters.